The van der Waals surface area contributed by atoms with Crippen LogP contribution in [0.25, 0.3) is 76.5 Å². The number of hydrogen-bond donors (Lipinski definition) is 0. The highest BCUT2D eigenvalue weighted by atomic mass is 15.0. The molecule has 0 spiro atoms. The summed E-state index contributed by atoms with van der Waals surface area (Å²) in [5.74, 6) is 0. The van der Waals surface area contributed by atoms with Gasteiger partial charge in [-0.1, -0.05) is 96.6 Å². The van der Waals surface area contributed by atoms with Crippen LogP contribution in [0.4, 0.5) is 0 Å². The van der Waals surface area contributed by atoms with Crippen LogP contribution in [0.3, 0.4) is 0 Å². The first-order valence-corrected chi connectivity index (χ1v) is 14.2. The number of hydrogen-bond acceptors (Lipinski definition) is 0. The van der Waals surface area contributed by atoms with Crippen molar-refractivity contribution >= 4 is 65.2 Å². The molecule has 0 N–H and O–H groups in total. The van der Waals surface area contributed by atoms with E-state index in [0.29, 0.717) is 0 Å². The maximum Gasteiger partial charge on any atom is 0.0547 e. The lowest BCUT2D eigenvalue weighted by Crippen LogP contribution is -1.93. The lowest BCUT2D eigenvalue weighted by molar-refractivity contribution is 1.18. The first-order valence-electron chi connectivity index (χ1n) is 14.2. The van der Waals surface area contributed by atoms with E-state index in [1.165, 1.54) is 82.1 Å². The molecule has 0 fully saturated rings. The lowest BCUT2D eigenvalue weighted by atomic mass is 9.95. The van der Waals surface area contributed by atoms with Gasteiger partial charge in [0.15, 0.2) is 0 Å². The molecular weight excluding hydrogens is 496 g/mol. The molecule has 41 heavy (non-hydrogen) atoms. The smallest absolute Gasteiger partial charge is 0.0547 e. The Balaban J connectivity index is 1.47. The number of aromatic nitrogens is 2. The molecule has 0 unspecified atom stereocenters. The minimum absolute atomic E-state index is 1.18. The largest absolute Gasteiger partial charge is 0.309 e. The molecule has 0 saturated carbocycles. The summed E-state index contributed by atoms with van der Waals surface area (Å²) in [5.41, 5.74) is 8.58. The Morgan fingerprint density at radius 2 is 0.854 bits per heavy atom. The maximum absolute atomic E-state index is 2.41. The second-order valence-electron chi connectivity index (χ2n) is 11.1. The van der Waals surface area contributed by atoms with Crippen LogP contribution in [0.15, 0.2) is 140 Å². The normalized spacial score (nSPS) is 12.0. The van der Waals surface area contributed by atoms with E-state index in [2.05, 4.69) is 156 Å². The Bertz CT molecular complexity index is 2460. The minimum Gasteiger partial charge on any atom is -0.309 e. The Kier molecular flexibility index (Phi) is 4.57. The van der Waals surface area contributed by atoms with Crippen LogP contribution in [-0.4, -0.2) is 9.13 Å². The van der Waals surface area contributed by atoms with Gasteiger partial charge in [0.05, 0.1) is 22.1 Å². The number of rotatable bonds is 2. The van der Waals surface area contributed by atoms with Gasteiger partial charge in [-0.2, -0.15) is 0 Å². The van der Waals surface area contributed by atoms with Crippen LogP contribution >= 0.6 is 0 Å². The van der Waals surface area contributed by atoms with Crippen LogP contribution < -0.4 is 0 Å². The summed E-state index contributed by atoms with van der Waals surface area (Å²) in [4.78, 5) is 0. The molecule has 7 aromatic carbocycles. The van der Waals surface area contributed by atoms with Gasteiger partial charge in [-0.15, -0.1) is 0 Å². The first kappa shape index (κ1) is 22.5. The third-order valence-electron chi connectivity index (χ3n) is 8.75. The Labute approximate surface area is 237 Å². The molecule has 192 valence electrons. The van der Waals surface area contributed by atoms with Crippen molar-refractivity contribution in [3.8, 4) is 11.4 Å². The van der Waals surface area contributed by atoms with Crippen LogP contribution in [0.5, 0.6) is 0 Å². The zero-order valence-corrected chi connectivity index (χ0v) is 22.7. The molecule has 0 atom stereocenters. The Hall–Kier alpha value is -5.34. The second-order valence-corrected chi connectivity index (χ2v) is 11.1. The molecule has 0 aliphatic heterocycles. The van der Waals surface area contributed by atoms with E-state index in [1.807, 2.05) is 0 Å². The maximum atomic E-state index is 2.41. The quantitative estimate of drug-likeness (QED) is 0.200. The van der Waals surface area contributed by atoms with E-state index >= 15 is 0 Å². The predicted molar refractivity (Wildman–Crippen MR) is 175 cm³/mol. The second kappa shape index (κ2) is 8.33. The van der Waals surface area contributed by atoms with Crippen molar-refractivity contribution < 1.29 is 0 Å². The van der Waals surface area contributed by atoms with Crippen LogP contribution in [-0.2, 0) is 0 Å². The molecule has 0 amide bonds. The third-order valence-corrected chi connectivity index (χ3v) is 8.75. The molecule has 9 rings (SSSR count). The van der Waals surface area contributed by atoms with Gasteiger partial charge in [-0.3, -0.25) is 0 Å². The fraction of sp³-hybridized carbons (Fsp3) is 0.0256. The molecule has 2 aromatic heterocycles. The Morgan fingerprint density at radius 3 is 1.59 bits per heavy atom. The van der Waals surface area contributed by atoms with Gasteiger partial charge < -0.3 is 9.13 Å². The third kappa shape index (κ3) is 3.07. The highest BCUT2D eigenvalue weighted by molar-refractivity contribution is 6.32. The number of para-hydroxylation sites is 3. The van der Waals surface area contributed by atoms with E-state index in [-0.39, 0.29) is 0 Å². The van der Waals surface area contributed by atoms with Crippen molar-refractivity contribution in [3.05, 3.63) is 145 Å². The zero-order chi connectivity index (χ0) is 27.1. The van der Waals surface area contributed by atoms with E-state index in [0.717, 1.165) is 0 Å². The fourth-order valence-corrected chi connectivity index (χ4v) is 6.98. The van der Waals surface area contributed by atoms with Gasteiger partial charge in [0.25, 0.3) is 0 Å². The van der Waals surface area contributed by atoms with E-state index < -0.39 is 0 Å². The van der Waals surface area contributed by atoms with Gasteiger partial charge in [0.2, 0.25) is 0 Å². The van der Waals surface area contributed by atoms with Gasteiger partial charge in [0, 0.05) is 32.9 Å². The summed E-state index contributed by atoms with van der Waals surface area (Å²) in [5, 5.41) is 10.4. The first-order chi connectivity index (χ1) is 20.3. The highest BCUT2D eigenvalue weighted by Crippen LogP contribution is 2.43. The predicted octanol–water partition coefficient (Wildman–Crippen LogP) is 10.5. The molecule has 9 aromatic rings. The summed E-state index contributed by atoms with van der Waals surface area (Å²) >= 11 is 0. The van der Waals surface area contributed by atoms with Gasteiger partial charge in [-0.05, 0) is 77.0 Å². The average molecular weight is 523 g/mol. The summed E-state index contributed by atoms with van der Waals surface area (Å²) < 4.78 is 4.82. The standard InChI is InChI=1S/C39H26N2/c1-25-15-19-28(20-16-25)41-33-13-7-5-11-31(33)38-30-21-17-26-18-23-36-39(37(26)29(30)22-24-35(38)41)32-12-6-8-14-34(32)40(36)27-9-3-2-4-10-27/h2-24H,1H3. The lowest BCUT2D eigenvalue weighted by Gasteiger charge is -2.11. The highest BCUT2D eigenvalue weighted by Gasteiger charge is 2.19. The molecule has 2 heterocycles. The van der Waals surface area contributed by atoms with Gasteiger partial charge in [0.1, 0.15) is 0 Å². The minimum atomic E-state index is 1.18. The average Bonchev–Trinajstić information content (AvgIpc) is 3.55. The number of benzene rings is 7. The van der Waals surface area contributed by atoms with Crippen LogP contribution in [0.2, 0.25) is 0 Å². The number of fused-ring (bicyclic) bond motifs is 11. The van der Waals surface area contributed by atoms with Gasteiger partial charge in [-0.25, -0.2) is 0 Å². The van der Waals surface area contributed by atoms with Crippen molar-refractivity contribution in [3.63, 3.8) is 0 Å². The number of aryl methyl sites for hydroxylation is 1. The molecule has 0 saturated heterocycles. The summed E-state index contributed by atoms with van der Waals surface area (Å²) in [6, 6.07) is 51.1. The van der Waals surface area contributed by atoms with Gasteiger partial charge >= 0.3 is 0 Å². The molecular formula is C39H26N2. The van der Waals surface area contributed by atoms with Crippen molar-refractivity contribution in [2.24, 2.45) is 0 Å². The monoisotopic (exact) mass is 522 g/mol. The Morgan fingerprint density at radius 1 is 0.341 bits per heavy atom. The molecule has 0 aliphatic carbocycles. The van der Waals surface area contributed by atoms with Crippen molar-refractivity contribution in [1.29, 1.82) is 0 Å². The molecule has 0 bridgehead atoms. The van der Waals surface area contributed by atoms with Crippen LogP contribution in [0, 0.1) is 6.92 Å². The molecule has 2 heteroatoms. The fourth-order valence-electron chi connectivity index (χ4n) is 6.98. The summed E-state index contributed by atoms with van der Waals surface area (Å²) in [6.07, 6.45) is 0. The van der Waals surface area contributed by atoms with E-state index in [4.69, 9.17) is 0 Å². The summed E-state index contributed by atoms with van der Waals surface area (Å²) in [6.45, 7) is 2.14. The van der Waals surface area contributed by atoms with E-state index in [1.54, 1.807) is 0 Å². The topological polar surface area (TPSA) is 9.86 Å². The van der Waals surface area contributed by atoms with Crippen molar-refractivity contribution in [1.82, 2.24) is 9.13 Å². The van der Waals surface area contributed by atoms with Crippen LogP contribution in [0.1, 0.15) is 5.56 Å². The summed E-state index contributed by atoms with van der Waals surface area (Å²) in [7, 11) is 0. The van der Waals surface area contributed by atoms with Crippen molar-refractivity contribution in [2.45, 2.75) is 6.92 Å². The number of nitrogens with zero attached hydrogens (tertiary/aromatic N) is 2. The molecule has 0 radical (unpaired) electrons. The SMILES string of the molecule is Cc1ccc(-n2c3ccccc3c3c4ccc5ccc6c(c7ccccc7n6-c6ccccc6)c5c4ccc32)cc1. The molecule has 2 nitrogen and oxygen atoms in total. The zero-order valence-electron chi connectivity index (χ0n) is 22.7. The van der Waals surface area contributed by atoms with E-state index in [9.17, 15) is 0 Å². The molecule has 0 aliphatic rings. The van der Waals surface area contributed by atoms with Crippen molar-refractivity contribution in [2.75, 3.05) is 0 Å².